The number of amides is 2. The van der Waals surface area contributed by atoms with Crippen molar-refractivity contribution in [3.63, 3.8) is 0 Å². The monoisotopic (exact) mass is 480 g/mol. The Morgan fingerprint density at radius 1 is 1.37 bits per heavy atom. The minimum absolute atomic E-state index is 0.0301. The third kappa shape index (κ3) is 7.46. The van der Waals surface area contributed by atoms with E-state index in [0.717, 1.165) is 30.8 Å². The number of hydrazone groups is 2. The number of urea groups is 1. The van der Waals surface area contributed by atoms with Gasteiger partial charge in [0.2, 0.25) is 5.82 Å². The maximum Gasteiger partial charge on any atom is 0.358 e. The lowest BCUT2D eigenvalue weighted by atomic mass is 9.93. The maximum absolute atomic E-state index is 14.3. The van der Waals surface area contributed by atoms with Crippen LogP contribution in [-0.4, -0.2) is 64.2 Å². The van der Waals surface area contributed by atoms with Crippen LogP contribution in [0.2, 0.25) is 0 Å². The molecule has 0 aromatic carbocycles. The fraction of sp³-hybridized carbons (Fsp3) is 0.417. The number of hydrogen-bond donors (Lipinski definition) is 1. The van der Waals surface area contributed by atoms with Crippen molar-refractivity contribution in [1.29, 1.82) is 0 Å². The number of halogens is 1. The van der Waals surface area contributed by atoms with E-state index in [1.54, 1.807) is 25.5 Å². The van der Waals surface area contributed by atoms with Crippen LogP contribution in [0.5, 0.6) is 5.88 Å². The average molecular weight is 481 g/mol. The summed E-state index contributed by atoms with van der Waals surface area (Å²) in [6.07, 6.45) is 7.30. The van der Waals surface area contributed by atoms with Crippen molar-refractivity contribution in [2.75, 3.05) is 31.1 Å². The van der Waals surface area contributed by atoms with Crippen LogP contribution in [0, 0.1) is 23.1 Å². The van der Waals surface area contributed by atoms with E-state index in [0.29, 0.717) is 12.4 Å². The lowest BCUT2D eigenvalue weighted by Gasteiger charge is -2.21. The van der Waals surface area contributed by atoms with Gasteiger partial charge in [-0.3, -0.25) is 4.98 Å². The van der Waals surface area contributed by atoms with Crippen molar-refractivity contribution in [1.82, 2.24) is 25.4 Å². The Morgan fingerprint density at radius 3 is 2.89 bits per heavy atom. The summed E-state index contributed by atoms with van der Waals surface area (Å²) in [7, 11) is 0. The second-order valence-corrected chi connectivity index (χ2v) is 8.72. The zero-order valence-electron chi connectivity index (χ0n) is 20.3. The van der Waals surface area contributed by atoms with Crippen molar-refractivity contribution >= 4 is 23.8 Å². The third-order valence-electron chi connectivity index (χ3n) is 5.16. The fourth-order valence-electron chi connectivity index (χ4n) is 3.34. The number of carbonyl (C=O) groups excluding carboxylic acids is 1. The molecule has 4 rings (SSSR count). The molecule has 4 heterocycles. The van der Waals surface area contributed by atoms with E-state index in [4.69, 9.17) is 4.74 Å². The highest BCUT2D eigenvalue weighted by Crippen LogP contribution is 2.33. The van der Waals surface area contributed by atoms with Crippen LogP contribution < -0.4 is 15.1 Å². The molecule has 10 nitrogen and oxygen atoms in total. The number of anilines is 1. The number of nitrogens with zero attached hydrogens (tertiary/aromatic N) is 7. The Hall–Kier alpha value is -4.07. The van der Waals surface area contributed by atoms with Crippen molar-refractivity contribution in [3.05, 3.63) is 42.2 Å². The number of rotatable bonds is 5. The molecule has 0 aliphatic carbocycles. The van der Waals surface area contributed by atoms with E-state index in [9.17, 15) is 9.18 Å². The van der Waals surface area contributed by atoms with Crippen molar-refractivity contribution in [3.8, 4) is 17.7 Å². The number of ether oxygens (including phenoxy) is 1. The van der Waals surface area contributed by atoms with E-state index in [2.05, 4.69) is 56.3 Å². The topological polar surface area (TPSA) is 108 Å². The molecule has 0 saturated carbocycles. The van der Waals surface area contributed by atoms with E-state index in [-0.39, 0.29) is 23.9 Å². The average Bonchev–Trinajstić information content (AvgIpc) is 3.21. The summed E-state index contributed by atoms with van der Waals surface area (Å²) >= 11 is 0. The molecule has 0 atom stereocenters. The standard InChI is InChI=1S/C14H18FN3O.C10H11N5O/c1-4-5-8-19-13-11(15)12(16-10-17-13)18-7-6-14(2,3)9-18;1-8-7-15(10(16)14-13-8)12-6-9-3-2-4-11-5-9/h10H,6-9H2,1-3H3;2-6H,7H2,1H3,(H,14,16)/b;12-6+. The van der Waals surface area contributed by atoms with Gasteiger partial charge in [0.1, 0.15) is 6.33 Å². The highest BCUT2D eigenvalue weighted by Gasteiger charge is 2.32. The van der Waals surface area contributed by atoms with Gasteiger partial charge in [-0.1, -0.05) is 25.8 Å². The summed E-state index contributed by atoms with van der Waals surface area (Å²) < 4.78 is 19.5. The Morgan fingerprint density at radius 2 is 2.20 bits per heavy atom. The molecule has 2 amide bonds. The van der Waals surface area contributed by atoms with E-state index in [1.807, 2.05) is 24.0 Å². The van der Waals surface area contributed by atoms with Gasteiger partial charge >= 0.3 is 6.03 Å². The minimum atomic E-state index is -0.502. The Balaban J connectivity index is 0.000000198. The number of carbonyl (C=O) groups is 1. The normalized spacial score (nSPS) is 16.6. The predicted molar refractivity (Wildman–Crippen MR) is 132 cm³/mol. The Labute approximate surface area is 204 Å². The van der Waals surface area contributed by atoms with Crippen LogP contribution in [0.15, 0.2) is 41.1 Å². The lowest BCUT2D eigenvalue weighted by Crippen LogP contribution is -2.42. The smallest absolute Gasteiger partial charge is 0.358 e. The number of pyridine rings is 1. The summed E-state index contributed by atoms with van der Waals surface area (Å²) in [4.78, 5) is 25.1. The lowest BCUT2D eigenvalue weighted by molar-refractivity contribution is 0.204. The van der Waals surface area contributed by atoms with Crippen LogP contribution in [0.25, 0.3) is 0 Å². The molecular weight excluding hydrogens is 451 g/mol. The zero-order chi connectivity index (χ0) is 25.3. The molecule has 1 N–H and O–H groups in total. The van der Waals surface area contributed by atoms with Gasteiger partial charge in [0, 0.05) is 31.0 Å². The summed E-state index contributed by atoms with van der Waals surface area (Å²) in [5.41, 5.74) is 4.20. The summed E-state index contributed by atoms with van der Waals surface area (Å²) in [5.74, 6) is 5.19. The van der Waals surface area contributed by atoms with Crippen LogP contribution in [0.4, 0.5) is 15.0 Å². The van der Waals surface area contributed by atoms with Crippen LogP contribution in [0.1, 0.15) is 39.7 Å². The quantitative estimate of drug-likeness (QED) is 0.521. The van der Waals surface area contributed by atoms with Crippen molar-refractivity contribution in [2.45, 2.75) is 34.1 Å². The number of hydrogen-bond acceptors (Lipinski definition) is 8. The van der Waals surface area contributed by atoms with Crippen molar-refractivity contribution in [2.24, 2.45) is 15.6 Å². The van der Waals surface area contributed by atoms with Gasteiger partial charge in [-0.05, 0) is 31.7 Å². The molecule has 2 aromatic rings. The third-order valence-corrected chi connectivity index (χ3v) is 5.16. The SMILES string of the molecule is CC#CCOc1ncnc(N2CCC(C)(C)C2)c1F.CC1=NNC(=O)N(/N=C/c2cccnc2)C1. The van der Waals surface area contributed by atoms with Crippen molar-refractivity contribution < 1.29 is 13.9 Å². The summed E-state index contributed by atoms with van der Waals surface area (Å²) in [6, 6.07) is 3.34. The van der Waals surface area contributed by atoms with Gasteiger partial charge in [0.15, 0.2) is 12.4 Å². The molecule has 0 unspecified atom stereocenters. The molecule has 1 saturated heterocycles. The van der Waals surface area contributed by atoms with Crippen LogP contribution in [-0.2, 0) is 0 Å². The van der Waals surface area contributed by atoms with Crippen LogP contribution >= 0.6 is 0 Å². The molecule has 2 aliphatic heterocycles. The Kier molecular flexibility index (Phi) is 8.67. The zero-order valence-corrected chi connectivity index (χ0v) is 20.3. The highest BCUT2D eigenvalue weighted by atomic mass is 19.1. The number of aromatic nitrogens is 3. The fourth-order valence-corrected chi connectivity index (χ4v) is 3.34. The molecule has 0 bridgehead atoms. The second-order valence-electron chi connectivity index (χ2n) is 8.72. The van der Waals surface area contributed by atoms with Gasteiger partial charge in [0.25, 0.3) is 5.88 Å². The van der Waals surface area contributed by atoms with Gasteiger partial charge in [-0.15, -0.1) is 5.92 Å². The van der Waals surface area contributed by atoms with E-state index < -0.39 is 5.82 Å². The molecule has 1 fully saturated rings. The first-order valence-corrected chi connectivity index (χ1v) is 11.1. The van der Waals surface area contributed by atoms with Gasteiger partial charge in [-0.2, -0.15) is 19.6 Å². The largest absolute Gasteiger partial charge is 0.462 e. The first-order valence-electron chi connectivity index (χ1n) is 11.1. The number of nitrogens with one attached hydrogen (secondary N) is 1. The van der Waals surface area contributed by atoms with Gasteiger partial charge < -0.3 is 9.64 Å². The van der Waals surface area contributed by atoms with Crippen LogP contribution in [0.3, 0.4) is 0 Å². The van der Waals surface area contributed by atoms with Gasteiger partial charge in [0.05, 0.1) is 18.5 Å². The molecule has 2 aliphatic rings. The second kappa shape index (κ2) is 11.9. The first-order chi connectivity index (χ1) is 16.8. The highest BCUT2D eigenvalue weighted by molar-refractivity contribution is 5.92. The van der Waals surface area contributed by atoms with E-state index in [1.165, 1.54) is 11.3 Å². The molecule has 0 radical (unpaired) electrons. The van der Waals surface area contributed by atoms with Gasteiger partial charge in [-0.25, -0.2) is 20.2 Å². The molecule has 35 heavy (non-hydrogen) atoms. The summed E-state index contributed by atoms with van der Waals surface area (Å²) in [5, 5.41) is 9.18. The molecule has 2 aromatic heterocycles. The Bertz CT molecular complexity index is 1140. The first kappa shape index (κ1) is 25.6. The minimum Gasteiger partial charge on any atom is -0.462 e. The molecular formula is C24H29FN8O2. The molecule has 11 heteroatoms. The molecule has 0 spiro atoms. The maximum atomic E-state index is 14.3. The predicted octanol–water partition coefficient (Wildman–Crippen LogP) is 3.07. The molecule has 184 valence electrons. The summed E-state index contributed by atoms with van der Waals surface area (Å²) in [6.45, 7) is 9.99. The van der Waals surface area contributed by atoms with E-state index >= 15 is 0 Å².